The van der Waals surface area contributed by atoms with E-state index < -0.39 is 10.2 Å². The first-order chi connectivity index (χ1) is 16.6. The topological polar surface area (TPSA) is 120 Å². The van der Waals surface area contributed by atoms with Crippen LogP contribution in [0.4, 0.5) is 5.69 Å². The molecular formula is C25H31N7O2S. The molecule has 0 aliphatic carbocycles. The van der Waals surface area contributed by atoms with Gasteiger partial charge in [-0.05, 0) is 62.1 Å². The zero-order chi connectivity index (χ0) is 25.1. The first kappa shape index (κ1) is 24.9. The highest BCUT2D eigenvalue weighted by molar-refractivity contribution is 7.86. The molecule has 0 spiro atoms. The summed E-state index contributed by atoms with van der Waals surface area (Å²) in [4.78, 5) is 4.23. The average Bonchev–Trinajstić information content (AvgIpc) is 3.24. The zero-order valence-corrected chi connectivity index (χ0v) is 20.9. The van der Waals surface area contributed by atoms with Gasteiger partial charge < -0.3 is 9.88 Å². The highest BCUT2D eigenvalue weighted by Crippen LogP contribution is 2.28. The summed E-state index contributed by atoms with van der Waals surface area (Å²) in [6, 6.07) is 17.7. The van der Waals surface area contributed by atoms with Gasteiger partial charge >= 0.3 is 0 Å². The summed E-state index contributed by atoms with van der Waals surface area (Å²) in [5.74, 6) is 0. The molecule has 0 amide bonds. The van der Waals surface area contributed by atoms with Crippen LogP contribution in [0.1, 0.15) is 42.1 Å². The Bertz CT molecular complexity index is 1300. The number of hydrazine groups is 1. The van der Waals surface area contributed by atoms with E-state index in [9.17, 15) is 8.42 Å². The maximum atomic E-state index is 12.6. The third-order valence-electron chi connectivity index (χ3n) is 6.45. The molecule has 0 bridgehead atoms. The van der Waals surface area contributed by atoms with Crippen LogP contribution in [0.15, 0.2) is 61.1 Å². The van der Waals surface area contributed by atoms with Crippen molar-refractivity contribution in [2.24, 2.45) is 5.14 Å². The van der Waals surface area contributed by atoms with Gasteiger partial charge in [0.25, 0.3) is 10.2 Å². The molecule has 2 aromatic carbocycles. The van der Waals surface area contributed by atoms with Crippen molar-refractivity contribution in [1.82, 2.24) is 19.0 Å². The minimum absolute atomic E-state index is 0.0944. The molecule has 1 saturated heterocycles. The fourth-order valence-electron chi connectivity index (χ4n) is 4.40. The summed E-state index contributed by atoms with van der Waals surface area (Å²) in [6.45, 7) is 5.94. The Kier molecular flexibility index (Phi) is 7.23. The molecule has 1 fully saturated rings. The Labute approximate surface area is 206 Å². The number of piperidine rings is 1. The van der Waals surface area contributed by atoms with E-state index in [1.165, 1.54) is 9.98 Å². The number of anilines is 1. The second-order valence-electron chi connectivity index (χ2n) is 9.36. The number of rotatable bonds is 8. The summed E-state index contributed by atoms with van der Waals surface area (Å²) in [7, 11) is -3.98. The molecule has 0 unspecified atom stereocenters. The summed E-state index contributed by atoms with van der Waals surface area (Å²) in [6.07, 6.45) is 4.86. The van der Waals surface area contributed by atoms with Gasteiger partial charge in [-0.25, -0.2) is 15.1 Å². The quantitative estimate of drug-likeness (QED) is 0.498. The molecule has 0 saturated carbocycles. The van der Waals surface area contributed by atoms with Gasteiger partial charge in [-0.2, -0.15) is 13.7 Å². The molecular weight excluding hydrogens is 462 g/mol. The van der Waals surface area contributed by atoms with Crippen molar-refractivity contribution in [3.63, 3.8) is 0 Å². The van der Waals surface area contributed by atoms with Crippen LogP contribution in [0.5, 0.6) is 0 Å². The molecule has 3 aromatic rings. The Morgan fingerprint density at radius 2 is 1.91 bits per heavy atom. The van der Waals surface area contributed by atoms with Crippen molar-refractivity contribution in [2.45, 2.75) is 45.3 Å². The lowest BCUT2D eigenvalue weighted by Crippen LogP contribution is -2.56. The van der Waals surface area contributed by atoms with Gasteiger partial charge in [0, 0.05) is 37.1 Å². The standard InChI is InChI=1S/C25H31N7O2S/c1-20-4-3-5-23(14-20)29-25(2)10-12-31(13-11-25)32(35(27,33)34)18-24-16-28-19-30(24)17-22-8-6-21(15-26)7-9-22/h3-9,14,16,19,29H,10-13,17-18H2,1-2H3,(H2,27,33,34). The minimum Gasteiger partial charge on any atom is -0.380 e. The van der Waals surface area contributed by atoms with E-state index in [1.54, 1.807) is 24.7 Å². The van der Waals surface area contributed by atoms with Crippen LogP contribution < -0.4 is 10.5 Å². The van der Waals surface area contributed by atoms with Crippen molar-refractivity contribution in [3.8, 4) is 6.07 Å². The SMILES string of the molecule is Cc1cccc(NC2(C)CCN(N(Cc3cncn3Cc3ccc(C#N)cc3)S(N)(=O)=O)CC2)c1. The molecule has 9 nitrogen and oxygen atoms in total. The number of nitriles is 1. The molecule has 3 N–H and O–H groups in total. The van der Waals surface area contributed by atoms with Crippen LogP contribution in [0, 0.1) is 18.3 Å². The van der Waals surface area contributed by atoms with Crippen molar-refractivity contribution < 1.29 is 8.42 Å². The third kappa shape index (κ3) is 6.26. The number of aromatic nitrogens is 2. The number of nitrogens with two attached hydrogens (primary N) is 1. The Hall–Kier alpha value is -3.23. The normalized spacial score (nSPS) is 16.2. The second kappa shape index (κ2) is 10.2. The number of aryl methyl sites for hydroxylation is 1. The third-order valence-corrected chi connectivity index (χ3v) is 7.40. The molecule has 0 radical (unpaired) electrons. The molecule has 10 heteroatoms. The summed E-state index contributed by atoms with van der Waals surface area (Å²) >= 11 is 0. The molecule has 0 atom stereocenters. The Morgan fingerprint density at radius 1 is 1.20 bits per heavy atom. The number of imidazole rings is 1. The molecule has 4 rings (SSSR count). The van der Waals surface area contributed by atoms with Crippen molar-refractivity contribution >= 4 is 15.9 Å². The largest absolute Gasteiger partial charge is 0.380 e. The van der Waals surface area contributed by atoms with E-state index in [2.05, 4.69) is 48.4 Å². The van der Waals surface area contributed by atoms with Gasteiger partial charge in [-0.15, -0.1) is 4.41 Å². The highest BCUT2D eigenvalue weighted by Gasteiger charge is 2.35. The maximum absolute atomic E-state index is 12.6. The molecule has 184 valence electrons. The lowest BCUT2D eigenvalue weighted by atomic mass is 9.90. The van der Waals surface area contributed by atoms with Crippen molar-refractivity contribution in [1.29, 1.82) is 5.26 Å². The second-order valence-corrected chi connectivity index (χ2v) is 10.8. The van der Waals surface area contributed by atoms with Crippen LogP contribution in [-0.2, 0) is 23.3 Å². The van der Waals surface area contributed by atoms with Crippen molar-refractivity contribution in [3.05, 3.63) is 83.4 Å². The first-order valence-electron chi connectivity index (χ1n) is 11.5. The van der Waals surface area contributed by atoms with E-state index in [0.29, 0.717) is 25.2 Å². The van der Waals surface area contributed by atoms with Gasteiger partial charge in [0.1, 0.15) is 0 Å². The Morgan fingerprint density at radius 3 is 2.54 bits per heavy atom. The van der Waals surface area contributed by atoms with Crippen LogP contribution in [0.2, 0.25) is 0 Å². The van der Waals surface area contributed by atoms with E-state index >= 15 is 0 Å². The van der Waals surface area contributed by atoms with Crippen LogP contribution in [0.3, 0.4) is 0 Å². The molecule has 35 heavy (non-hydrogen) atoms. The van der Waals surface area contributed by atoms with Crippen LogP contribution >= 0.6 is 0 Å². The van der Waals surface area contributed by atoms with E-state index in [4.69, 9.17) is 10.4 Å². The van der Waals surface area contributed by atoms with E-state index in [1.807, 2.05) is 27.8 Å². The number of benzene rings is 2. The molecule has 1 aliphatic rings. The molecule has 1 aliphatic heterocycles. The number of nitrogens with one attached hydrogen (secondary N) is 1. The lowest BCUT2D eigenvalue weighted by Gasteiger charge is -2.43. The predicted molar refractivity (Wildman–Crippen MR) is 135 cm³/mol. The van der Waals surface area contributed by atoms with Gasteiger partial charge in [0.15, 0.2) is 0 Å². The monoisotopic (exact) mass is 493 g/mol. The van der Waals surface area contributed by atoms with E-state index in [-0.39, 0.29) is 12.1 Å². The maximum Gasteiger partial charge on any atom is 0.290 e. The fraction of sp³-hybridized carbons (Fsp3) is 0.360. The fourth-order valence-corrected chi connectivity index (χ4v) is 5.20. The average molecular weight is 494 g/mol. The summed E-state index contributed by atoms with van der Waals surface area (Å²) in [5.41, 5.74) is 4.42. The van der Waals surface area contributed by atoms with E-state index in [0.717, 1.165) is 29.8 Å². The minimum atomic E-state index is -3.98. The van der Waals surface area contributed by atoms with Gasteiger partial charge in [-0.1, -0.05) is 24.3 Å². The van der Waals surface area contributed by atoms with Gasteiger partial charge in [-0.3, -0.25) is 0 Å². The number of hydrogen-bond acceptors (Lipinski definition) is 6. The number of hydrogen-bond donors (Lipinski definition) is 2. The zero-order valence-electron chi connectivity index (χ0n) is 20.1. The first-order valence-corrected chi connectivity index (χ1v) is 13.0. The molecule has 1 aromatic heterocycles. The number of nitrogens with zero attached hydrogens (tertiary/aromatic N) is 5. The summed E-state index contributed by atoms with van der Waals surface area (Å²) in [5, 5.41) is 20.1. The van der Waals surface area contributed by atoms with Crippen molar-refractivity contribution in [2.75, 3.05) is 18.4 Å². The van der Waals surface area contributed by atoms with Gasteiger partial charge in [0.05, 0.1) is 30.2 Å². The molecule has 2 heterocycles. The summed E-state index contributed by atoms with van der Waals surface area (Å²) < 4.78 is 28.3. The smallest absolute Gasteiger partial charge is 0.290 e. The highest BCUT2D eigenvalue weighted by atomic mass is 32.2. The Balaban J connectivity index is 1.45. The predicted octanol–water partition coefficient (Wildman–Crippen LogP) is 3.00. The van der Waals surface area contributed by atoms with Gasteiger partial charge in [0.2, 0.25) is 0 Å². The van der Waals surface area contributed by atoms with Crippen LogP contribution in [-0.4, -0.2) is 46.0 Å². The van der Waals surface area contributed by atoms with Crippen LogP contribution in [0.25, 0.3) is 0 Å². The lowest BCUT2D eigenvalue weighted by molar-refractivity contribution is 0.0155.